The predicted molar refractivity (Wildman–Crippen MR) is 118 cm³/mol. The van der Waals surface area contributed by atoms with Crippen LogP contribution in [0, 0.1) is 0 Å². The molecule has 3 aromatic rings. The number of carbonyl (C=O) groups excluding carboxylic acids is 2. The first-order valence-electron chi connectivity index (χ1n) is 9.53. The number of carbonyl (C=O) groups is 2. The Kier molecular flexibility index (Phi) is 5.10. The van der Waals surface area contributed by atoms with Crippen LogP contribution in [0.15, 0.2) is 36.5 Å². The Bertz CT molecular complexity index is 1080. The zero-order valence-electron chi connectivity index (χ0n) is 16.2. The van der Waals surface area contributed by atoms with Crippen molar-refractivity contribution in [2.24, 2.45) is 5.73 Å². The fraction of sp³-hybridized carbons (Fsp3) is 0.286. The number of hydrogen-bond acceptors (Lipinski definition) is 7. The lowest BCUT2D eigenvalue weighted by atomic mass is 10.1. The number of benzene rings is 1. The summed E-state index contributed by atoms with van der Waals surface area (Å²) in [6, 6.07) is 9.72. The summed E-state index contributed by atoms with van der Waals surface area (Å²) >= 11 is 1.24. The number of nitrogens with zero attached hydrogens (tertiary/aromatic N) is 3. The number of thiophene rings is 1. The molecule has 3 heterocycles. The van der Waals surface area contributed by atoms with E-state index in [1.165, 1.54) is 11.3 Å². The second-order valence-corrected chi connectivity index (χ2v) is 8.15. The van der Waals surface area contributed by atoms with Gasteiger partial charge in [0, 0.05) is 43.6 Å². The monoisotopic (exact) mass is 409 g/mol. The van der Waals surface area contributed by atoms with Gasteiger partial charge in [-0.1, -0.05) is 0 Å². The van der Waals surface area contributed by atoms with Gasteiger partial charge >= 0.3 is 0 Å². The Balaban J connectivity index is 1.59. The highest BCUT2D eigenvalue weighted by molar-refractivity contribution is 7.21. The highest BCUT2D eigenvalue weighted by Gasteiger charge is 2.22. The number of hydrogen-bond donors (Lipinski definition) is 2. The Hall–Kier alpha value is -3.13. The van der Waals surface area contributed by atoms with Crippen molar-refractivity contribution in [1.82, 2.24) is 4.98 Å². The minimum absolute atomic E-state index is 0.0731. The fourth-order valence-electron chi connectivity index (χ4n) is 3.80. The minimum atomic E-state index is -0.521. The number of nitrogen functional groups attached to an aromatic ring is 1. The van der Waals surface area contributed by atoms with Crippen LogP contribution in [0.4, 0.5) is 17.1 Å². The second kappa shape index (κ2) is 7.71. The van der Waals surface area contributed by atoms with E-state index < -0.39 is 5.91 Å². The lowest BCUT2D eigenvalue weighted by Gasteiger charge is -2.25. The van der Waals surface area contributed by atoms with Gasteiger partial charge in [0.15, 0.2) is 5.78 Å². The molecule has 4 rings (SSSR count). The Morgan fingerprint density at radius 3 is 2.41 bits per heavy atom. The van der Waals surface area contributed by atoms with Gasteiger partial charge in [-0.15, -0.1) is 11.3 Å². The molecule has 0 radical (unpaired) electrons. The number of amides is 1. The number of pyridine rings is 1. The van der Waals surface area contributed by atoms with Gasteiger partial charge in [-0.25, -0.2) is 4.98 Å². The normalized spacial score (nSPS) is 14.8. The third kappa shape index (κ3) is 3.63. The average Bonchev–Trinajstić information content (AvgIpc) is 2.89. The van der Waals surface area contributed by atoms with E-state index in [2.05, 4.69) is 14.8 Å². The minimum Gasteiger partial charge on any atom is -0.397 e. The van der Waals surface area contributed by atoms with E-state index in [9.17, 15) is 9.59 Å². The summed E-state index contributed by atoms with van der Waals surface area (Å²) in [5.41, 5.74) is 15.0. The van der Waals surface area contributed by atoms with Crippen molar-refractivity contribution in [3.05, 3.63) is 47.0 Å². The topological polar surface area (TPSA) is 106 Å². The summed E-state index contributed by atoms with van der Waals surface area (Å²) in [5, 5.41) is 0.811. The van der Waals surface area contributed by atoms with E-state index in [1.807, 2.05) is 30.3 Å². The molecule has 29 heavy (non-hydrogen) atoms. The fourth-order valence-corrected chi connectivity index (χ4v) is 4.73. The van der Waals surface area contributed by atoms with Crippen LogP contribution in [0.2, 0.25) is 0 Å². The first kappa shape index (κ1) is 19.2. The Morgan fingerprint density at radius 2 is 1.72 bits per heavy atom. The van der Waals surface area contributed by atoms with Crippen LogP contribution in [-0.2, 0) is 0 Å². The van der Waals surface area contributed by atoms with Crippen LogP contribution in [-0.4, -0.2) is 42.9 Å². The number of rotatable bonds is 4. The van der Waals surface area contributed by atoms with Gasteiger partial charge in [-0.05, 0) is 43.7 Å². The highest BCUT2D eigenvalue weighted by atomic mass is 32.1. The second-order valence-electron chi connectivity index (χ2n) is 7.15. The molecule has 7 nitrogen and oxygen atoms in total. The molecule has 1 aliphatic rings. The molecule has 0 unspecified atom stereocenters. The first-order valence-corrected chi connectivity index (χ1v) is 10.3. The Labute approximate surface area is 172 Å². The number of nitrogens with two attached hydrogens (primary N) is 2. The number of Topliss-reactive ketones (excluding diaryl/α,β-unsaturated/α-hetero) is 1. The summed E-state index contributed by atoms with van der Waals surface area (Å²) in [5.74, 6) is -0.448. The van der Waals surface area contributed by atoms with Crippen molar-refractivity contribution in [2.45, 2.75) is 13.3 Å². The molecule has 1 aromatic carbocycles. The molecular weight excluding hydrogens is 386 g/mol. The SMILES string of the molecule is CC(=O)c1ccc(N2CCCN(c3ccnc4sc(C(N)=O)c(N)c34)CC2)cc1. The molecular formula is C21H23N5O2S. The van der Waals surface area contributed by atoms with Crippen LogP contribution in [0.5, 0.6) is 0 Å². The summed E-state index contributed by atoms with van der Waals surface area (Å²) in [6.45, 7) is 5.04. The van der Waals surface area contributed by atoms with Crippen LogP contribution in [0.1, 0.15) is 33.4 Å². The van der Waals surface area contributed by atoms with Crippen molar-refractivity contribution < 1.29 is 9.59 Å². The molecule has 1 amide bonds. The molecule has 0 saturated carbocycles. The number of ketones is 1. The summed E-state index contributed by atoms with van der Waals surface area (Å²) < 4.78 is 0. The lowest BCUT2D eigenvalue weighted by Crippen LogP contribution is -2.30. The molecule has 4 N–H and O–H groups in total. The van der Waals surface area contributed by atoms with E-state index in [-0.39, 0.29) is 5.78 Å². The number of primary amides is 1. The maximum absolute atomic E-state index is 11.7. The number of fused-ring (bicyclic) bond motifs is 1. The van der Waals surface area contributed by atoms with Gasteiger partial charge < -0.3 is 21.3 Å². The zero-order chi connectivity index (χ0) is 20.5. The van der Waals surface area contributed by atoms with E-state index in [4.69, 9.17) is 11.5 Å². The quantitative estimate of drug-likeness (QED) is 0.642. The summed E-state index contributed by atoms with van der Waals surface area (Å²) in [4.78, 5) is 33.3. The third-order valence-corrected chi connectivity index (χ3v) is 6.43. The number of aromatic nitrogens is 1. The molecule has 0 spiro atoms. The molecule has 1 fully saturated rings. The van der Waals surface area contributed by atoms with Crippen LogP contribution in [0.3, 0.4) is 0 Å². The van der Waals surface area contributed by atoms with Crippen molar-refractivity contribution in [1.29, 1.82) is 0 Å². The molecule has 1 saturated heterocycles. The number of anilines is 3. The maximum Gasteiger partial charge on any atom is 0.260 e. The molecule has 2 aromatic heterocycles. The van der Waals surface area contributed by atoms with E-state index in [1.54, 1.807) is 13.1 Å². The zero-order valence-corrected chi connectivity index (χ0v) is 17.0. The van der Waals surface area contributed by atoms with Gasteiger partial charge in [0.05, 0.1) is 16.8 Å². The standard InChI is InChI=1S/C21H23N5O2S/c1-13(27)14-3-5-15(6-4-14)25-9-2-10-26(12-11-25)16-7-8-24-21-17(16)18(22)19(29-21)20(23)28/h3-8H,2,9-12,22H2,1H3,(H2,23,28). The average molecular weight is 410 g/mol. The predicted octanol–water partition coefficient (Wildman–Crippen LogP) is 2.90. The van der Waals surface area contributed by atoms with Gasteiger partial charge in [0.1, 0.15) is 9.71 Å². The largest absolute Gasteiger partial charge is 0.397 e. The van der Waals surface area contributed by atoms with Crippen LogP contribution in [0.25, 0.3) is 10.2 Å². The molecule has 150 valence electrons. The maximum atomic E-state index is 11.7. The van der Waals surface area contributed by atoms with Crippen molar-refractivity contribution >= 4 is 50.3 Å². The van der Waals surface area contributed by atoms with Gasteiger partial charge in [-0.2, -0.15) is 0 Å². The van der Waals surface area contributed by atoms with Gasteiger partial charge in [0.2, 0.25) is 0 Å². The van der Waals surface area contributed by atoms with E-state index >= 15 is 0 Å². The van der Waals surface area contributed by atoms with Gasteiger partial charge in [-0.3, -0.25) is 9.59 Å². The van der Waals surface area contributed by atoms with Gasteiger partial charge in [0.25, 0.3) is 5.91 Å². The van der Waals surface area contributed by atoms with Crippen molar-refractivity contribution in [3.8, 4) is 0 Å². The van der Waals surface area contributed by atoms with Crippen LogP contribution >= 0.6 is 11.3 Å². The van der Waals surface area contributed by atoms with E-state index in [0.717, 1.165) is 59.8 Å². The highest BCUT2D eigenvalue weighted by Crippen LogP contribution is 2.38. The summed E-state index contributed by atoms with van der Waals surface area (Å²) in [6.07, 6.45) is 2.73. The third-order valence-electron chi connectivity index (χ3n) is 5.31. The molecule has 8 heteroatoms. The Morgan fingerprint density at radius 1 is 1.03 bits per heavy atom. The molecule has 0 atom stereocenters. The summed E-state index contributed by atoms with van der Waals surface area (Å²) in [7, 11) is 0. The molecule has 1 aliphatic heterocycles. The molecule has 0 aliphatic carbocycles. The van der Waals surface area contributed by atoms with Crippen molar-refractivity contribution in [2.75, 3.05) is 41.7 Å². The van der Waals surface area contributed by atoms with E-state index in [0.29, 0.717) is 10.6 Å². The molecule has 0 bridgehead atoms. The lowest BCUT2D eigenvalue weighted by molar-refractivity contribution is 0.0999. The first-order chi connectivity index (χ1) is 14.0. The smallest absolute Gasteiger partial charge is 0.260 e. The van der Waals surface area contributed by atoms with Crippen molar-refractivity contribution in [3.63, 3.8) is 0 Å². The van der Waals surface area contributed by atoms with Crippen LogP contribution < -0.4 is 21.3 Å².